The summed E-state index contributed by atoms with van der Waals surface area (Å²) in [5, 5.41) is 13.5. The summed E-state index contributed by atoms with van der Waals surface area (Å²) in [5.41, 5.74) is 1.48. The number of halogens is 2. The van der Waals surface area contributed by atoms with E-state index in [4.69, 9.17) is 0 Å². The first-order valence-corrected chi connectivity index (χ1v) is 4.26. The fourth-order valence-electron chi connectivity index (χ4n) is 1.97. The lowest BCUT2D eigenvalue weighted by Gasteiger charge is -2.05. The van der Waals surface area contributed by atoms with Crippen molar-refractivity contribution in [3.05, 3.63) is 40.0 Å². The van der Waals surface area contributed by atoms with Gasteiger partial charge in [-0.2, -0.15) is 0 Å². The Labute approximate surface area is 94.3 Å². The maximum atomic E-state index is 11.4. The SMILES string of the molecule is Cl.Cl.[O-][N+]1=c2ccccc2=C2CC2C1. The lowest BCUT2D eigenvalue weighted by molar-refractivity contribution is 0.661. The summed E-state index contributed by atoms with van der Waals surface area (Å²) in [4.78, 5) is 0. The van der Waals surface area contributed by atoms with Crippen LogP contribution in [0.15, 0.2) is 24.3 Å². The van der Waals surface area contributed by atoms with Crippen molar-refractivity contribution >= 4 is 30.4 Å². The molecule has 1 aliphatic carbocycles. The number of nitrogens with zero attached hydrogens (tertiary/aromatic N) is 1. The zero-order valence-electron chi connectivity index (χ0n) is 7.47. The Hall–Kier alpha value is -0.730. The number of benzene rings is 1. The van der Waals surface area contributed by atoms with E-state index in [-0.39, 0.29) is 24.8 Å². The van der Waals surface area contributed by atoms with Crippen LogP contribution in [0.1, 0.15) is 6.42 Å². The van der Waals surface area contributed by atoms with Crippen molar-refractivity contribution in [1.82, 2.24) is 4.74 Å². The predicted octanol–water partition coefficient (Wildman–Crippen LogP) is 0.703. The Morgan fingerprint density at radius 2 is 1.93 bits per heavy atom. The highest BCUT2D eigenvalue weighted by molar-refractivity contribution is 5.85. The van der Waals surface area contributed by atoms with Gasteiger partial charge in [-0.25, -0.2) is 4.74 Å². The van der Waals surface area contributed by atoms with Crippen LogP contribution in [0.3, 0.4) is 0 Å². The molecule has 2 aliphatic rings. The van der Waals surface area contributed by atoms with Gasteiger partial charge in [-0.3, -0.25) is 0 Å². The van der Waals surface area contributed by atoms with E-state index in [1.165, 1.54) is 10.8 Å². The number of hydrogen-bond donors (Lipinski definition) is 0. The van der Waals surface area contributed by atoms with Gasteiger partial charge in [0.25, 0.3) is 0 Å². The molecule has 14 heavy (non-hydrogen) atoms. The normalized spacial score (nSPS) is 21.3. The van der Waals surface area contributed by atoms with E-state index in [0.29, 0.717) is 12.5 Å². The molecule has 0 amide bonds. The molecule has 0 spiro atoms. The zero-order valence-corrected chi connectivity index (χ0v) is 9.11. The van der Waals surface area contributed by atoms with Gasteiger partial charge in [0.05, 0.1) is 0 Å². The van der Waals surface area contributed by atoms with Gasteiger partial charge in [0, 0.05) is 17.2 Å². The second-order valence-corrected chi connectivity index (χ2v) is 3.50. The third kappa shape index (κ3) is 1.49. The summed E-state index contributed by atoms with van der Waals surface area (Å²) >= 11 is 0. The van der Waals surface area contributed by atoms with Crippen LogP contribution in [0.2, 0.25) is 0 Å². The molecule has 0 bridgehead atoms. The minimum absolute atomic E-state index is 0. The van der Waals surface area contributed by atoms with Crippen molar-refractivity contribution in [1.29, 1.82) is 0 Å². The largest absolute Gasteiger partial charge is 0.623 e. The fourth-order valence-corrected chi connectivity index (χ4v) is 1.97. The number of hydrogen-bond acceptors (Lipinski definition) is 1. The molecule has 1 fully saturated rings. The Morgan fingerprint density at radius 1 is 1.21 bits per heavy atom. The Balaban J connectivity index is 0.000000490. The molecule has 1 aromatic rings. The van der Waals surface area contributed by atoms with E-state index < -0.39 is 0 Å². The molecular weight excluding hydrogens is 221 g/mol. The fraction of sp³-hybridized carbons (Fsp3) is 0.300. The highest BCUT2D eigenvalue weighted by atomic mass is 35.5. The minimum Gasteiger partial charge on any atom is -0.623 e. The van der Waals surface area contributed by atoms with Gasteiger partial charge in [-0.05, 0) is 18.1 Å². The first-order valence-electron chi connectivity index (χ1n) is 4.26. The minimum atomic E-state index is 0. The van der Waals surface area contributed by atoms with Gasteiger partial charge in [0.15, 0.2) is 6.54 Å². The standard InChI is InChI=1S/C10H9NO.2ClH/c12-11-6-7-5-9(7)8-3-1-2-4-10(8)11;;/h1-4,7H,5-6H2;2*1H. The topological polar surface area (TPSA) is 26.1 Å². The van der Waals surface area contributed by atoms with Gasteiger partial charge in [-0.1, -0.05) is 12.1 Å². The third-order valence-corrected chi connectivity index (χ3v) is 2.70. The molecule has 0 saturated heterocycles. The average Bonchev–Trinajstić information content (AvgIpc) is 2.84. The Bertz CT molecular complexity index is 440. The predicted molar refractivity (Wildman–Crippen MR) is 61.2 cm³/mol. The highest BCUT2D eigenvalue weighted by Gasteiger charge is 2.36. The van der Waals surface area contributed by atoms with Gasteiger partial charge >= 0.3 is 0 Å². The van der Waals surface area contributed by atoms with Crippen LogP contribution in [0, 0.1) is 11.1 Å². The van der Waals surface area contributed by atoms with Crippen LogP contribution in [0.5, 0.6) is 0 Å². The summed E-state index contributed by atoms with van der Waals surface area (Å²) in [7, 11) is 0. The van der Waals surface area contributed by atoms with Crippen LogP contribution >= 0.6 is 24.8 Å². The molecule has 2 nitrogen and oxygen atoms in total. The lowest BCUT2D eigenvalue weighted by Crippen LogP contribution is -2.40. The first kappa shape index (κ1) is 11.3. The van der Waals surface area contributed by atoms with Crippen LogP contribution in [-0.4, -0.2) is 6.54 Å². The monoisotopic (exact) mass is 231 g/mol. The Kier molecular flexibility index (Phi) is 3.07. The molecule has 1 aliphatic heterocycles. The van der Waals surface area contributed by atoms with Crippen molar-refractivity contribution in [2.45, 2.75) is 6.42 Å². The van der Waals surface area contributed by atoms with Crippen LogP contribution in [0.25, 0.3) is 5.57 Å². The van der Waals surface area contributed by atoms with Crippen molar-refractivity contribution in [3.8, 4) is 0 Å². The molecule has 0 radical (unpaired) electrons. The third-order valence-electron chi connectivity index (χ3n) is 2.70. The molecule has 3 rings (SSSR count). The maximum absolute atomic E-state index is 11.4. The second-order valence-electron chi connectivity index (χ2n) is 3.50. The maximum Gasteiger partial charge on any atom is 0.218 e. The van der Waals surface area contributed by atoms with Crippen molar-refractivity contribution in [3.63, 3.8) is 0 Å². The molecular formula is C10H11Cl2NO. The molecule has 1 atom stereocenters. The van der Waals surface area contributed by atoms with Crippen LogP contribution < -0.4 is 15.3 Å². The van der Waals surface area contributed by atoms with E-state index in [1.54, 1.807) is 0 Å². The zero-order chi connectivity index (χ0) is 8.13. The van der Waals surface area contributed by atoms with E-state index in [9.17, 15) is 5.21 Å². The highest BCUT2D eigenvalue weighted by Crippen LogP contribution is 2.38. The van der Waals surface area contributed by atoms with Crippen molar-refractivity contribution < 1.29 is 0 Å². The van der Waals surface area contributed by atoms with E-state index >= 15 is 0 Å². The summed E-state index contributed by atoms with van der Waals surface area (Å²) < 4.78 is 1.12. The molecule has 0 N–H and O–H groups in total. The number of para-hydroxylation sites is 1. The summed E-state index contributed by atoms with van der Waals surface area (Å²) in [6.45, 7) is 0.673. The molecule has 0 aromatic heterocycles. The van der Waals surface area contributed by atoms with Crippen molar-refractivity contribution in [2.75, 3.05) is 6.54 Å². The second kappa shape index (κ2) is 3.79. The first-order chi connectivity index (χ1) is 5.86. The van der Waals surface area contributed by atoms with Gasteiger partial charge < -0.3 is 5.21 Å². The lowest BCUT2D eigenvalue weighted by atomic mass is 10.2. The smallest absolute Gasteiger partial charge is 0.218 e. The quantitative estimate of drug-likeness (QED) is 0.477. The van der Waals surface area contributed by atoms with Gasteiger partial charge in [0.2, 0.25) is 5.36 Å². The molecule has 1 saturated carbocycles. The van der Waals surface area contributed by atoms with Gasteiger partial charge in [-0.15, -0.1) is 24.8 Å². The van der Waals surface area contributed by atoms with Gasteiger partial charge in [0.1, 0.15) is 0 Å². The number of rotatable bonds is 0. The number of hydroxylamine groups is 1. The summed E-state index contributed by atoms with van der Waals surface area (Å²) in [6.07, 6.45) is 1.13. The summed E-state index contributed by atoms with van der Waals surface area (Å²) in [6, 6.07) is 7.88. The molecule has 76 valence electrons. The summed E-state index contributed by atoms with van der Waals surface area (Å²) in [5.74, 6) is 0.567. The molecule has 4 heteroatoms. The van der Waals surface area contributed by atoms with Crippen LogP contribution in [0.4, 0.5) is 0 Å². The average molecular weight is 232 g/mol. The molecule has 1 aromatic carbocycles. The van der Waals surface area contributed by atoms with E-state index in [0.717, 1.165) is 16.5 Å². The number of fused-ring (bicyclic) bond motifs is 2. The molecule has 1 unspecified atom stereocenters. The van der Waals surface area contributed by atoms with Crippen molar-refractivity contribution in [2.24, 2.45) is 5.92 Å². The van der Waals surface area contributed by atoms with E-state index in [2.05, 4.69) is 6.07 Å². The Morgan fingerprint density at radius 3 is 2.71 bits per heavy atom. The van der Waals surface area contributed by atoms with E-state index in [1.807, 2.05) is 18.2 Å². The van der Waals surface area contributed by atoms with Crippen LogP contribution in [-0.2, 0) is 0 Å². The molecule has 1 heterocycles.